The molecule has 0 amide bonds. The number of hydrogen-bond donors (Lipinski definition) is 0. The van der Waals surface area contributed by atoms with Gasteiger partial charge in [-0.25, -0.2) is 9.97 Å². The first kappa shape index (κ1) is 15.5. The molecule has 0 radical (unpaired) electrons. The van der Waals surface area contributed by atoms with E-state index in [2.05, 4.69) is 62.9 Å². The lowest BCUT2D eigenvalue weighted by molar-refractivity contribution is 0.669. The number of hydrogen-bond acceptors (Lipinski definition) is 3. The molecule has 5 rings (SSSR count). The summed E-state index contributed by atoms with van der Waals surface area (Å²) in [6.07, 6.45) is 0. The van der Waals surface area contributed by atoms with Gasteiger partial charge in [-0.15, -0.1) is 0 Å². The Bertz CT molecular complexity index is 1250. The van der Waals surface area contributed by atoms with E-state index in [9.17, 15) is 0 Å². The normalized spacial score (nSPS) is 11.3. The minimum Gasteiger partial charge on any atom is -0.456 e. The molecule has 2 aromatic heterocycles. The van der Waals surface area contributed by atoms with E-state index in [1.807, 2.05) is 48.5 Å². The van der Waals surface area contributed by atoms with E-state index in [1.165, 1.54) is 0 Å². The highest BCUT2D eigenvalue weighted by Gasteiger charge is 2.11. The fraction of sp³-hybridized carbons (Fsp3) is 0. The summed E-state index contributed by atoms with van der Waals surface area (Å²) >= 11 is 2.17. The Morgan fingerprint density at radius 2 is 1.31 bits per heavy atom. The molecule has 3 aromatic carbocycles. The van der Waals surface area contributed by atoms with Crippen molar-refractivity contribution in [1.29, 1.82) is 0 Å². The number of nitrogens with zero attached hydrogens (tertiary/aromatic N) is 2. The molecule has 124 valence electrons. The number of fused-ring (bicyclic) bond motifs is 3. The van der Waals surface area contributed by atoms with E-state index >= 15 is 0 Å². The summed E-state index contributed by atoms with van der Waals surface area (Å²) in [7, 11) is 0. The largest absolute Gasteiger partial charge is 0.456 e. The zero-order valence-corrected chi connectivity index (χ0v) is 15.8. The monoisotopic (exact) mass is 448 g/mol. The molecular formula is C22H13IN2O. The van der Waals surface area contributed by atoms with Gasteiger partial charge in [0.15, 0.2) is 3.83 Å². The molecular weight excluding hydrogens is 435 g/mol. The Morgan fingerprint density at radius 3 is 2.15 bits per heavy atom. The summed E-state index contributed by atoms with van der Waals surface area (Å²) in [4.78, 5) is 9.23. The van der Waals surface area contributed by atoms with Crippen molar-refractivity contribution in [2.24, 2.45) is 0 Å². The van der Waals surface area contributed by atoms with Crippen LogP contribution in [0, 0.1) is 3.83 Å². The maximum atomic E-state index is 5.93. The third kappa shape index (κ3) is 2.66. The summed E-state index contributed by atoms with van der Waals surface area (Å²) in [5.41, 5.74) is 5.78. The molecule has 26 heavy (non-hydrogen) atoms. The second kappa shape index (κ2) is 6.21. The van der Waals surface area contributed by atoms with Gasteiger partial charge in [0.1, 0.15) is 11.2 Å². The lowest BCUT2D eigenvalue weighted by Crippen LogP contribution is -1.94. The first-order valence-corrected chi connectivity index (χ1v) is 9.37. The highest BCUT2D eigenvalue weighted by Crippen LogP contribution is 2.32. The molecule has 2 heterocycles. The van der Waals surface area contributed by atoms with Crippen molar-refractivity contribution in [2.45, 2.75) is 0 Å². The number of aromatic nitrogens is 2. The third-order valence-electron chi connectivity index (χ3n) is 4.44. The highest BCUT2D eigenvalue weighted by molar-refractivity contribution is 14.1. The molecule has 0 saturated carbocycles. The first-order chi connectivity index (χ1) is 12.8. The van der Waals surface area contributed by atoms with Gasteiger partial charge in [-0.3, -0.25) is 0 Å². The topological polar surface area (TPSA) is 38.9 Å². The summed E-state index contributed by atoms with van der Waals surface area (Å²) in [6, 6.07) is 26.5. The zero-order chi connectivity index (χ0) is 17.5. The molecule has 5 aromatic rings. The van der Waals surface area contributed by atoms with Crippen LogP contribution in [0.3, 0.4) is 0 Å². The van der Waals surface area contributed by atoms with Crippen molar-refractivity contribution < 1.29 is 4.42 Å². The Balaban J connectivity index is 1.70. The van der Waals surface area contributed by atoms with Gasteiger partial charge in [-0.2, -0.15) is 0 Å². The molecule has 3 nitrogen and oxygen atoms in total. The standard InChI is InChI=1S/C22H13IN2O/c23-22-24-18(14-6-2-1-3-7-14)13-19(25-22)15-10-11-21-17(12-15)16-8-4-5-9-20(16)26-21/h1-13H. The van der Waals surface area contributed by atoms with Gasteiger partial charge in [-0.1, -0.05) is 48.5 Å². The smallest absolute Gasteiger partial charge is 0.191 e. The molecule has 0 unspecified atom stereocenters. The van der Waals surface area contributed by atoms with Crippen molar-refractivity contribution in [3.63, 3.8) is 0 Å². The second-order valence-corrected chi connectivity index (χ2v) is 7.05. The van der Waals surface area contributed by atoms with E-state index in [0.29, 0.717) is 0 Å². The van der Waals surface area contributed by atoms with Crippen molar-refractivity contribution in [3.05, 3.63) is 82.7 Å². The van der Waals surface area contributed by atoms with E-state index < -0.39 is 0 Å². The van der Waals surface area contributed by atoms with Crippen LogP contribution in [0.2, 0.25) is 0 Å². The number of furan rings is 1. The SMILES string of the molecule is Ic1nc(-c2ccccc2)cc(-c2ccc3oc4ccccc4c3c2)n1. The molecule has 0 saturated heterocycles. The number of halogens is 1. The van der Waals surface area contributed by atoms with Crippen LogP contribution in [-0.4, -0.2) is 9.97 Å². The third-order valence-corrected chi connectivity index (χ3v) is 4.92. The molecule has 0 bridgehead atoms. The Morgan fingerprint density at radius 1 is 0.615 bits per heavy atom. The van der Waals surface area contributed by atoms with Crippen LogP contribution in [0.5, 0.6) is 0 Å². The lowest BCUT2D eigenvalue weighted by atomic mass is 10.0. The van der Waals surface area contributed by atoms with Crippen LogP contribution in [0.25, 0.3) is 44.5 Å². The van der Waals surface area contributed by atoms with Crippen LogP contribution in [0.15, 0.2) is 83.3 Å². The highest BCUT2D eigenvalue weighted by atomic mass is 127. The van der Waals surface area contributed by atoms with Crippen LogP contribution in [0.1, 0.15) is 0 Å². The number of benzene rings is 3. The Hall–Kier alpha value is -2.73. The summed E-state index contributed by atoms with van der Waals surface area (Å²) in [5, 5.41) is 2.23. The molecule has 0 aliphatic rings. The average Bonchev–Trinajstić information content (AvgIpc) is 3.06. The molecule has 0 aliphatic heterocycles. The van der Waals surface area contributed by atoms with Crippen LogP contribution < -0.4 is 0 Å². The predicted molar refractivity (Wildman–Crippen MR) is 113 cm³/mol. The summed E-state index contributed by atoms with van der Waals surface area (Å²) in [5.74, 6) is 0. The van der Waals surface area contributed by atoms with Gasteiger partial charge in [0.25, 0.3) is 0 Å². The summed E-state index contributed by atoms with van der Waals surface area (Å²) < 4.78 is 6.66. The van der Waals surface area contributed by atoms with Gasteiger partial charge in [0.05, 0.1) is 11.4 Å². The number of rotatable bonds is 2. The van der Waals surface area contributed by atoms with Crippen LogP contribution >= 0.6 is 22.6 Å². The van der Waals surface area contributed by atoms with Crippen molar-refractivity contribution in [3.8, 4) is 22.5 Å². The Kier molecular flexibility index (Phi) is 3.71. The van der Waals surface area contributed by atoms with Crippen molar-refractivity contribution >= 4 is 44.5 Å². The van der Waals surface area contributed by atoms with Gasteiger partial charge in [0, 0.05) is 44.5 Å². The first-order valence-electron chi connectivity index (χ1n) is 8.30. The van der Waals surface area contributed by atoms with E-state index in [4.69, 9.17) is 4.42 Å². The van der Waals surface area contributed by atoms with Gasteiger partial charge in [0.2, 0.25) is 0 Å². The van der Waals surface area contributed by atoms with Crippen LogP contribution in [0.4, 0.5) is 0 Å². The molecule has 4 heteroatoms. The van der Waals surface area contributed by atoms with Gasteiger partial charge in [-0.05, 0) is 30.3 Å². The van der Waals surface area contributed by atoms with E-state index in [-0.39, 0.29) is 0 Å². The minimum absolute atomic E-state index is 0.733. The van der Waals surface area contributed by atoms with Crippen LogP contribution in [-0.2, 0) is 0 Å². The average molecular weight is 448 g/mol. The fourth-order valence-electron chi connectivity index (χ4n) is 3.21. The maximum Gasteiger partial charge on any atom is 0.191 e. The number of para-hydroxylation sites is 1. The minimum atomic E-state index is 0.733. The second-order valence-electron chi connectivity index (χ2n) is 6.08. The molecule has 0 fully saturated rings. The van der Waals surface area contributed by atoms with E-state index in [1.54, 1.807) is 0 Å². The molecule has 0 spiro atoms. The fourth-order valence-corrected chi connectivity index (χ4v) is 3.73. The quantitative estimate of drug-likeness (QED) is 0.235. The lowest BCUT2D eigenvalue weighted by Gasteiger charge is -2.06. The van der Waals surface area contributed by atoms with Gasteiger partial charge >= 0.3 is 0 Å². The zero-order valence-electron chi connectivity index (χ0n) is 13.7. The Labute approximate surface area is 163 Å². The van der Waals surface area contributed by atoms with Crippen molar-refractivity contribution in [2.75, 3.05) is 0 Å². The summed E-state index contributed by atoms with van der Waals surface area (Å²) in [6.45, 7) is 0. The maximum absolute atomic E-state index is 5.93. The predicted octanol–water partition coefficient (Wildman–Crippen LogP) is 6.31. The molecule has 0 aliphatic carbocycles. The van der Waals surface area contributed by atoms with E-state index in [0.717, 1.165) is 48.3 Å². The van der Waals surface area contributed by atoms with Crippen molar-refractivity contribution in [1.82, 2.24) is 9.97 Å². The molecule has 0 atom stereocenters. The van der Waals surface area contributed by atoms with Gasteiger partial charge < -0.3 is 4.42 Å². The molecule has 0 N–H and O–H groups in total.